The van der Waals surface area contributed by atoms with Crippen molar-refractivity contribution in [2.45, 2.75) is 6.43 Å². The number of halogens is 4. The van der Waals surface area contributed by atoms with Gasteiger partial charge >= 0.3 is 0 Å². The van der Waals surface area contributed by atoms with E-state index in [0.29, 0.717) is 0 Å². The highest BCUT2D eigenvalue weighted by Crippen LogP contribution is 2.27. The van der Waals surface area contributed by atoms with E-state index in [4.69, 9.17) is 0 Å². The van der Waals surface area contributed by atoms with E-state index in [1.807, 2.05) is 0 Å². The van der Waals surface area contributed by atoms with Gasteiger partial charge in [-0.15, -0.1) is 0 Å². The third-order valence-corrected chi connectivity index (χ3v) is 3.11. The monoisotopic (exact) mass is 309 g/mol. The molecular weight excluding hydrogens is 302 g/mol. The van der Waals surface area contributed by atoms with E-state index in [1.165, 1.54) is 18.3 Å². The fourth-order valence-electron chi connectivity index (χ4n) is 2.04. The number of benzene rings is 1. The summed E-state index contributed by atoms with van der Waals surface area (Å²) in [7, 11) is 0. The van der Waals surface area contributed by atoms with Crippen molar-refractivity contribution in [2.24, 2.45) is 0 Å². The van der Waals surface area contributed by atoms with Gasteiger partial charge in [0, 0.05) is 18.6 Å². The zero-order chi connectivity index (χ0) is 15.9. The van der Waals surface area contributed by atoms with Crippen LogP contribution in [0.1, 0.15) is 12.0 Å². The number of aromatic amines is 1. The lowest BCUT2D eigenvalue weighted by molar-refractivity contribution is 0.150. The molecule has 0 aliphatic heterocycles. The summed E-state index contributed by atoms with van der Waals surface area (Å²) in [4.78, 5) is 21.0. The molecule has 2 heterocycles. The Morgan fingerprint density at radius 1 is 1.09 bits per heavy atom. The molecule has 0 aliphatic rings. The van der Waals surface area contributed by atoms with Crippen molar-refractivity contribution in [3.63, 3.8) is 0 Å². The van der Waals surface area contributed by atoms with Gasteiger partial charge in [-0.3, -0.25) is 4.79 Å². The van der Waals surface area contributed by atoms with Crippen molar-refractivity contribution >= 4 is 10.8 Å². The molecule has 3 rings (SSSR count). The topological polar surface area (TPSA) is 58.6 Å². The summed E-state index contributed by atoms with van der Waals surface area (Å²) in [6, 6.07) is 2.58. The molecule has 4 nitrogen and oxygen atoms in total. The Labute approximate surface area is 120 Å². The normalized spacial score (nSPS) is 11.3. The predicted octanol–water partition coefficient (Wildman–Crippen LogP) is 3.20. The molecular formula is C14H7F4N3O. The summed E-state index contributed by atoms with van der Waals surface area (Å²) in [5.74, 6) is -2.90. The Bertz CT molecular complexity index is 906. The number of rotatable bonds is 2. The van der Waals surface area contributed by atoms with Crippen LogP contribution in [0.3, 0.4) is 0 Å². The number of hydrogen-bond donors (Lipinski definition) is 1. The molecule has 2 aromatic heterocycles. The lowest BCUT2D eigenvalue weighted by atomic mass is 10.1. The molecule has 0 saturated carbocycles. The molecule has 0 atom stereocenters. The van der Waals surface area contributed by atoms with Crippen LogP contribution in [0, 0.1) is 11.6 Å². The van der Waals surface area contributed by atoms with E-state index in [0.717, 1.165) is 12.4 Å². The zero-order valence-corrected chi connectivity index (χ0v) is 10.8. The van der Waals surface area contributed by atoms with Crippen molar-refractivity contribution in [2.75, 3.05) is 0 Å². The minimum Gasteiger partial charge on any atom is -0.328 e. The first-order chi connectivity index (χ1) is 10.5. The van der Waals surface area contributed by atoms with Gasteiger partial charge in [-0.2, -0.15) is 0 Å². The van der Waals surface area contributed by atoms with E-state index in [1.54, 1.807) is 0 Å². The van der Waals surface area contributed by atoms with Crippen LogP contribution in [-0.2, 0) is 0 Å². The number of hydrogen-bond acceptors (Lipinski definition) is 3. The smallest absolute Gasteiger partial charge is 0.266 e. The largest absolute Gasteiger partial charge is 0.328 e. The van der Waals surface area contributed by atoms with Gasteiger partial charge in [0.05, 0.1) is 16.5 Å². The number of nitrogens with one attached hydrogen (secondary N) is 1. The first-order valence-corrected chi connectivity index (χ1v) is 6.09. The number of nitrogens with zero attached hydrogens (tertiary/aromatic N) is 2. The lowest BCUT2D eigenvalue weighted by Crippen LogP contribution is -2.09. The quantitative estimate of drug-likeness (QED) is 0.740. The van der Waals surface area contributed by atoms with E-state index >= 15 is 0 Å². The van der Waals surface area contributed by atoms with Gasteiger partial charge in [0.15, 0.2) is 17.5 Å². The van der Waals surface area contributed by atoms with Gasteiger partial charge in [0.1, 0.15) is 0 Å². The minimum absolute atomic E-state index is 0.152. The molecule has 0 spiro atoms. The van der Waals surface area contributed by atoms with Crippen LogP contribution in [0.25, 0.3) is 22.2 Å². The van der Waals surface area contributed by atoms with E-state index < -0.39 is 34.6 Å². The van der Waals surface area contributed by atoms with Crippen LogP contribution in [-0.4, -0.2) is 15.0 Å². The third kappa shape index (κ3) is 2.22. The van der Waals surface area contributed by atoms with Crippen LogP contribution in [0.4, 0.5) is 17.6 Å². The second kappa shape index (κ2) is 5.21. The highest BCUT2D eigenvalue weighted by Gasteiger charge is 2.19. The van der Waals surface area contributed by atoms with Crippen molar-refractivity contribution < 1.29 is 17.6 Å². The number of alkyl halides is 2. The van der Waals surface area contributed by atoms with Crippen LogP contribution >= 0.6 is 0 Å². The number of aromatic nitrogens is 3. The van der Waals surface area contributed by atoms with Gasteiger partial charge in [-0.25, -0.2) is 27.5 Å². The molecule has 3 aromatic rings. The Morgan fingerprint density at radius 2 is 1.77 bits per heavy atom. The molecule has 1 N–H and O–H groups in total. The maximum Gasteiger partial charge on any atom is 0.266 e. The maximum atomic E-state index is 14.1. The predicted molar refractivity (Wildman–Crippen MR) is 70.5 cm³/mol. The van der Waals surface area contributed by atoms with Crippen molar-refractivity contribution in [1.29, 1.82) is 0 Å². The molecule has 1 aromatic carbocycles. The highest BCUT2D eigenvalue weighted by molar-refractivity contribution is 5.86. The average Bonchev–Trinajstić information content (AvgIpc) is 2.51. The molecule has 0 amide bonds. The summed E-state index contributed by atoms with van der Waals surface area (Å²) >= 11 is 0. The van der Waals surface area contributed by atoms with Crippen molar-refractivity contribution in [3.8, 4) is 11.4 Å². The molecule has 0 radical (unpaired) electrons. The number of fused-ring (bicyclic) bond motifs is 1. The summed E-state index contributed by atoms with van der Waals surface area (Å²) in [6.07, 6.45) is 0.205. The first kappa shape index (κ1) is 14.2. The van der Waals surface area contributed by atoms with Gasteiger partial charge in [0.2, 0.25) is 0 Å². The standard InChI is InChI=1S/C14H7F4N3O/c15-10-8(13-20-4-7(5-21-13)12(17)18)3-6-1-2-19-14(22)9(6)11(10)16/h1-5,12H,(H,19,22). The summed E-state index contributed by atoms with van der Waals surface area (Å²) in [5, 5.41) is -0.271. The minimum atomic E-state index is -2.76. The summed E-state index contributed by atoms with van der Waals surface area (Å²) < 4.78 is 53.0. The van der Waals surface area contributed by atoms with Gasteiger partial charge in [-0.1, -0.05) is 0 Å². The van der Waals surface area contributed by atoms with E-state index in [-0.39, 0.29) is 16.8 Å². The molecule has 22 heavy (non-hydrogen) atoms. The van der Waals surface area contributed by atoms with Gasteiger partial charge in [-0.05, 0) is 17.5 Å². The Hall–Kier alpha value is -2.77. The van der Waals surface area contributed by atoms with Crippen molar-refractivity contribution in [1.82, 2.24) is 15.0 Å². The Morgan fingerprint density at radius 3 is 2.41 bits per heavy atom. The zero-order valence-electron chi connectivity index (χ0n) is 10.8. The molecule has 0 saturated heterocycles. The van der Waals surface area contributed by atoms with E-state index in [2.05, 4.69) is 15.0 Å². The summed E-state index contributed by atoms with van der Waals surface area (Å²) in [5.41, 5.74) is -1.51. The summed E-state index contributed by atoms with van der Waals surface area (Å²) in [6.45, 7) is 0. The lowest BCUT2D eigenvalue weighted by Gasteiger charge is -2.07. The van der Waals surface area contributed by atoms with Crippen LogP contribution in [0.2, 0.25) is 0 Å². The maximum absolute atomic E-state index is 14.1. The first-order valence-electron chi connectivity index (χ1n) is 6.09. The second-order valence-corrected chi connectivity index (χ2v) is 4.46. The molecule has 0 unspecified atom stereocenters. The van der Waals surface area contributed by atoms with E-state index in [9.17, 15) is 22.4 Å². The van der Waals surface area contributed by atoms with Crippen LogP contribution in [0.15, 0.2) is 35.5 Å². The Balaban J connectivity index is 2.23. The molecule has 0 aliphatic carbocycles. The fraction of sp³-hybridized carbons (Fsp3) is 0.0714. The SMILES string of the molecule is O=c1[nH]ccc2cc(-c3ncc(C(F)F)cn3)c(F)c(F)c12. The third-order valence-electron chi connectivity index (χ3n) is 3.11. The van der Waals surface area contributed by atoms with Crippen molar-refractivity contribution in [3.05, 3.63) is 58.3 Å². The fourth-order valence-corrected chi connectivity index (χ4v) is 2.04. The molecule has 0 bridgehead atoms. The molecule has 112 valence electrons. The average molecular weight is 309 g/mol. The van der Waals surface area contributed by atoms with Gasteiger partial charge in [0.25, 0.3) is 12.0 Å². The Kier molecular flexibility index (Phi) is 3.36. The second-order valence-electron chi connectivity index (χ2n) is 4.46. The molecule has 0 fully saturated rings. The number of pyridine rings is 1. The number of H-pyrrole nitrogens is 1. The van der Waals surface area contributed by atoms with Crippen LogP contribution < -0.4 is 5.56 Å². The molecule has 8 heteroatoms. The van der Waals surface area contributed by atoms with Crippen LogP contribution in [0.5, 0.6) is 0 Å². The highest BCUT2D eigenvalue weighted by atomic mass is 19.3. The van der Waals surface area contributed by atoms with Gasteiger partial charge < -0.3 is 4.98 Å².